The number of fused-ring (bicyclic) bond motifs is 4. The topological polar surface area (TPSA) is 583 Å². The number of nitrogens with zero attached hydrogens (tertiary/aromatic N) is 8. The molecule has 0 bridgehead atoms. The van der Waals surface area contributed by atoms with Crippen LogP contribution in [0.2, 0.25) is 0 Å². The Morgan fingerprint density at radius 2 is 0.924 bits per heavy atom. The third-order valence-electron chi connectivity index (χ3n) is 12.5. The highest BCUT2D eigenvalue weighted by Crippen LogP contribution is 2.52. The molecule has 0 unspecified atom stereocenters. The van der Waals surface area contributed by atoms with Crippen molar-refractivity contribution in [1.29, 1.82) is 0 Å². The van der Waals surface area contributed by atoms with E-state index in [4.69, 9.17) is 26.2 Å². The van der Waals surface area contributed by atoms with Crippen LogP contribution in [0.25, 0.3) is 43.1 Å². The normalized spacial score (nSPS) is 13.0. The van der Waals surface area contributed by atoms with Crippen LogP contribution in [0.15, 0.2) is 183 Å². The largest absolute Gasteiger partial charge is 0.505 e. The predicted molar refractivity (Wildman–Crippen MR) is 316 cm³/mol. The first-order valence-electron chi connectivity index (χ1n) is 23.8. The van der Waals surface area contributed by atoms with E-state index >= 15 is 0 Å². The number of aromatic hydroxyl groups is 3. The Labute approximate surface area is 525 Å². The van der Waals surface area contributed by atoms with E-state index in [2.05, 4.69) is 69.0 Å². The lowest BCUT2D eigenvalue weighted by Crippen LogP contribution is -2.03. The Balaban J connectivity index is 1.16. The first-order valence-corrected chi connectivity index (χ1v) is 33.2. The molecule has 0 fully saturated rings. The van der Waals surface area contributed by atoms with Gasteiger partial charge >= 0.3 is 0 Å². The summed E-state index contributed by atoms with van der Waals surface area (Å²) >= 11 is 0.519. The zero-order valence-electron chi connectivity index (χ0n) is 44.6. The Hall–Kier alpha value is -8.34. The third kappa shape index (κ3) is 14.3. The quantitative estimate of drug-likeness (QED) is 0.00706. The average Bonchev–Trinajstić information content (AvgIpc) is 0.761. The molecule has 9 rings (SSSR count). The Bertz CT molecular complexity index is 5280. The van der Waals surface area contributed by atoms with E-state index in [9.17, 15) is 80.2 Å². The summed E-state index contributed by atoms with van der Waals surface area (Å²) in [6, 6.07) is 17.3. The summed E-state index contributed by atoms with van der Waals surface area (Å²) in [5.41, 5.74) is 1.28. The summed E-state index contributed by atoms with van der Waals surface area (Å²) in [6.45, 7) is 0. The molecule has 37 nitrogen and oxygen atoms in total. The number of nitrogens with two attached hydrogens (primary N) is 1. The third-order valence-corrected chi connectivity index (χ3v) is 18.9. The first-order chi connectivity index (χ1) is 43.3. The number of azo groups is 4. The van der Waals surface area contributed by atoms with Gasteiger partial charge in [0.05, 0.1) is 74.7 Å². The lowest BCUT2D eigenvalue weighted by atomic mass is 10.0. The van der Waals surface area contributed by atoms with Gasteiger partial charge in [-0.05, 0) is 89.6 Å². The number of anilines is 1. The molecule has 0 aliphatic heterocycles. The molecule has 0 radical (unpaired) electrons. The summed E-state index contributed by atoms with van der Waals surface area (Å²) in [5.74, 6) is -2.81. The zero-order chi connectivity index (χ0) is 67.0. The standard InChI is InChI=1S/C47H33N9O28S8/c1-78-22-6-9-28(37(15-22)90(69,70)71)50-55-41-33(86-83-80-61)13-19-11-21(5-7-23(19)44(41)57)49-54-42-34(87-84-81-62)17-27-36(89(66,67)68)18-31(40(48)39(27)46(42)59)53-52-30-16-26-20(12-32(30)85-82-79-60)14-38(91(72,73)74)43(45(26)58)56-51-29-10-8-24-25(47(29)92(75,76)77)3-2-4-35(24)88(63,64)65/h2-18,57-62H,48H2,1H3,(H,63,64,65)(H,66,67,68)(H,69,70,71)(H,72,73,74)(H,75,76,77). The molecule has 0 spiro atoms. The van der Waals surface area contributed by atoms with E-state index in [1.54, 1.807) is 0 Å². The second-order valence-electron chi connectivity index (χ2n) is 17.8. The number of hydrogen-bond donors (Lipinski definition) is 12. The SMILES string of the molecule is COc1ccc(N=Nc2c(SOOO)cc3cc(N=Nc4c(SOOO)cc5c(S(=O)(=O)O)cc(N=Nc6cc7c(O)c(N=Nc8ccc9c(S(=O)(=O)O)cccc9c8S(=O)(=O)O)c(S(=O)(=O)O)cc7cc6SOOO)c(N)c5c4O)ccc3c2O)c(S(=O)(=O)O)c1. The summed E-state index contributed by atoms with van der Waals surface area (Å²) < 4.78 is 195. The molecule has 0 amide bonds. The fourth-order valence-corrected chi connectivity index (χ4v) is 13.7. The van der Waals surface area contributed by atoms with Crippen LogP contribution in [-0.4, -0.2) is 103 Å². The fourth-order valence-electron chi connectivity index (χ4n) is 8.68. The van der Waals surface area contributed by atoms with Gasteiger partial charge < -0.3 is 25.8 Å². The minimum absolute atomic E-state index is 0.0156. The molecule has 9 aromatic rings. The molecule has 45 heteroatoms. The van der Waals surface area contributed by atoms with Gasteiger partial charge in [-0.3, -0.25) is 22.8 Å². The van der Waals surface area contributed by atoms with Crippen molar-refractivity contribution >= 4 is 181 Å². The molecule has 0 aliphatic carbocycles. The van der Waals surface area contributed by atoms with Crippen molar-refractivity contribution in [2.75, 3.05) is 12.8 Å². The van der Waals surface area contributed by atoms with Crippen molar-refractivity contribution in [3.63, 3.8) is 0 Å². The van der Waals surface area contributed by atoms with Gasteiger partial charge in [0.25, 0.3) is 50.6 Å². The average molecular weight is 1430 g/mol. The maximum absolute atomic E-state index is 13.1. The van der Waals surface area contributed by atoms with E-state index in [1.807, 2.05) is 0 Å². The molecule has 0 heterocycles. The number of rotatable bonds is 23. The number of ether oxygens (including phenoxy) is 1. The van der Waals surface area contributed by atoms with Gasteiger partial charge in [0.15, 0.2) is 17.2 Å². The zero-order valence-corrected chi connectivity index (χ0v) is 51.1. The van der Waals surface area contributed by atoms with Crippen LogP contribution >= 0.6 is 36.1 Å². The van der Waals surface area contributed by atoms with E-state index in [0.29, 0.717) is 12.1 Å². The molecule has 9 aromatic carbocycles. The monoisotopic (exact) mass is 1430 g/mol. The van der Waals surface area contributed by atoms with Crippen molar-refractivity contribution in [1.82, 2.24) is 0 Å². The smallest absolute Gasteiger partial charge is 0.297 e. The molecule has 92 heavy (non-hydrogen) atoms. The number of phenolic OH excluding ortho intramolecular Hbond substituents is 3. The van der Waals surface area contributed by atoms with Crippen molar-refractivity contribution in [3.05, 3.63) is 103 Å². The van der Waals surface area contributed by atoms with Crippen LogP contribution < -0.4 is 10.5 Å². The Morgan fingerprint density at radius 3 is 1.54 bits per heavy atom. The highest BCUT2D eigenvalue weighted by atomic mass is 32.2. The number of benzene rings is 9. The Kier molecular flexibility index (Phi) is 19.8. The number of methoxy groups -OCH3 is 1. The predicted octanol–water partition coefficient (Wildman–Crippen LogP) is 12.2. The van der Waals surface area contributed by atoms with Crippen LogP contribution in [0.3, 0.4) is 0 Å². The van der Waals surface area contributed by atoms with E-state index < -0.39 is 164 Å². The van der Waals surface area contributed by atoms with Gasteiger partial charge in [-0.2, -0.15) is 47.2 Å². The van der Waals surface area contributed by atoms with Crippen LogP contribution in [-0.2, 0) is 78.7 Å². The first kappa shape index (κ1) is 68.0. The molecular formula is C47H33N9O28S8. The Morgan fingerprint density at radius 1 is 0.402 bits per heavy atom. The van der Waals surface area contributed by atoms with Crippen molar-refractivity contribution in [2.45, 2.75) is 39.2 Å². The van der Waals surface area contributed by atoms with Crippen molar-refractivity contribution in [3.8, 4) is 23.0 Å². The van der Waals surface area contributed by atoms with Gasteiger partial charge in [-0.25, -0.2) is 15.8 Å². The second-order valence-corrected chi connectivity index (χ2v) is 27.0. The summed E-state index contributed by atoms with van der Waals surface area (Å²) in [7, 11) is -24.9. The summed E-state index contributed by atoms with van der Waals surface area (Å²) in [5, 5.41) is 102. The molecule has 482 valence electrons. The summed E-state index contributed by atoms with van der Waals surface area (Å²) in [6.07, 6.45) is 0. The van der Waals surface area contributed by atoms with E-state index in [0.717, 1.165) is 60.7 Å². The molecule has 0 saturated heterocycles. The van der Waals surface area contributed by atoms with Crippen molar-refractivity contribution < 1.29 is 129 Å². The van der Waals surface area contributed by atoms with Crippen LogP contribution in [0.1, 0.15) is 0 Å². The number of nitrogen functional groups attached to an aromatic ring is 1. The molecule has 0 atom stereocenters. The minimum atomic E-state index is -5.44. The van der Waals surface area contributed by atoms with E-state index in [1.165, 1.54) is 37.4 Å². The van der Waals surface area contributed by atoms with Gasteiger partial charge in [0.1, 0.15) is 70.0 Å². The molecular weight excluding hydrogens is 1400 g/mol. The second kappa shape index (κ2) is 26.7. The lowest BCUT2D eigenvalue weighted by Gasteiger charge is -2.15. The highest BCUT2D eigenvalue weighted by Gasteiger charge is 2.29. The van der Waals surface area contributed by atoms with Crippen molar-refractivity contribution in [2.24, 2.45) is 40.9 Å². The highest BCUT2D eigenvalue weighted by molar-refractivity contribution is 7.95. The van der Waals surface area contributed by atoms with E-state index in [-0.39, 0.29) is 79.2 Å². The lowest BCUT2D eigenvalue weighted by molar-refractivity contribution is -0.432. The van der Waals surface area contributed by atoms with Gasteiger partial charge in [0.2, 0.25) is 0 Å². The maximum atomic E-state index is 13.1. The summed E-state index contributed by atoms with van der Waals surface area (Å²) in [4.78, 5) is -5.74. The minimum Gasteiger partial charge on any atom is -0.505 e. The van der Waals surface area contributed by atoms with Crippen LogP contribution in [0, 0.1) is 0 Å². The van der Waals surface area contributed by atoms with Gasteiger partial charge in [-0.1, -0.05) is 33.3 Å². The fraction of sp³-hybridized carbons (Fsp3) is 0.0213. The molecule has 0 saturated carbocycles. The van der Waals surface area contributed by atoms with Gasteiger partial charge in [-0.15, -0.1) is 48.8 Å². The number of phenols is 3. The van der Waals surface area contributed by atoms with Crippen LogP contribution in [0.4, 0.5) is 51.2 Å². The van der Waals surface area contributed by atoms with Crippen LogP contribution in [0.5, 0.6) is 23.0 Å². The maximum Gasteiger partial charge on any atom is 0.297 e. The van der Waals surface area contributed by atoms with Gasteiger partial charge in [0, 0.05) is 33.0 Å². The molecule has 0 aromatic heterocycles. The molecule has 13 N–H and O–H groups in total. The number of hydrogen-bond acceptors (Lipinski definition) is 35. The molecule has 0 aliphatic rings.